The zero-order valence-corrected chi connectivity index (χ0v) is 14.0. The number of nitrogens with two attached hydrogens (primary N) is 2. The number of benzene rings is 3. The van der Waals surface area contributed by atoms with Gasteiger partial charge in [0.15, 0.2) is 5.60 Å². The number of aromatic hydroxyl groups is 2. The summed E-state index contributed by atoms with van der Waals surface area (Å²) in [5.41, 5.74) is 1.28. The minimum atomic E-state index is -1.17. The monoisotopic (exact) mass is 364 g/mol. The van der Waals surface area contributed by atoms with Crippen LogP contribution in [0.5, 0.6) is 23.0 Å². The Kier molecular flexibility index (Phi) is 3.76. The molecule has 0 fully saturated rings. The molecule has 2 heterocycles. The molecule has 1 spiro atoms. The van der Waals surface area contributed by atoms with Gasteiger partial charge in [-0.3, -0.25) is 11.7 Å². The van der Waals surface area contributed by atoms with E-state index in [-0.39, 0.29) is 11.5 Å². The average Bonchev–Trinajstić information content (AvgIpc) is 2.97. The number of carbonyl (C=O) groups excluding carboxylic acids is 1. The van der Waals surface area contributed by atoms with Crippen molar-refractivity contribution >= 4 is 5.97 Å². The summed E-state index contributed by atoms with van der Waals surface area (Å²) in [6.07, 6.45) is 0. The van der Waals surface area contributed by atoms with Crippen LogP contribution in [-0.2, 0) is 10.3 Å². The molecule has 5 rings (SSSR count). The van der Waals surface area contributed by atoms with Crippen LogP contribution in [0.3, 0.4) is 0 Å². The van der Waals surface area contributed by atoms with E-state index in [1.54, 1.807) is 24.3 Å². The van der Waals surface area contributed by atoms with Gasteiger partial charge in [-0.15, -0.1) is 0 Å². The molecule has 0 aromatic heterocycles. The van der Waals surface area contributed by atoms with E-state index in [1.165, 1.54) is 24.3 Å². The number of ether oxygens (including phenoxy) is 2. The first-order valence-electron chi connectivity index (χ1n) is 8.10. The Morgan fingerprint density at radius 3 is 1.93 bits per heavy atom. The van der Waals surface area contributed by atoms with Crippen molar-refractivity contribution in [2.45, 2.75) is 5.60 Å². The summed E-state index contributed by atoms with van der Waals surface area (Å²) in [7, 11) is 0. The molecule has 0 atom stereocenters. The first-order valence-corrected chi connectivity index (χ1v) is 8.10. The average molecular weight is 364 g/mol. The fourth-order valence-corrected chi connectivity index (χ4v) is 3.65. The minimum Gasteiger partial charge on any atom is -0.508 e. The summed E-state index contributed by atoms with van der Waals surface area (Å²) in [4.78, 5) is 12.5. The highest BCUT2D eigenvalue weighted by atomic mass is 16.6. The van der Waals surface area contributed by atoms with E-state index < -0.39 is 11.6 Å². The number of phenolic OH excluding ortho intramolecular Hbond substituents is 2. The quantitative estimate of drug-likeness (QED) is 0.274. The molecule has 2 aliphatic rings. The number of phenols is 2. The molecule has 7 nitrogen and oxygen atoms in total. The lowest BCUT2D eigenvalue weighted by molar-refractivity contribution is 0.0224. The van der Waals surface area contributed by atoms with Crippen molar-refractivity contribution in [2.24, 2.45) is 11.7 Å². The van der Waals surface area contributed by atoms with Crippen molar-refractivity contribution in [3.63, 3.8) is 0 Å². The topological polar surface area (TPSA) is 128 Å². The van der Waals surface area contributed by atoms with E-state index >= 15 is 0 Å². The molecule has 0 saturated carbocycles. The van der Waals surface area contributed by atoms with E-state index in [0.29, 0.717) is 33.8 Å². The molecular formula is C20H16N2O5. The molecule has 27 heavy (non-hydrogen) atoms. The number of fused-ring (bicyclic) bond motifs is 6. The van der Waals surface area contributed by atoms with Crippen molar-refractivity contribution in [1.82, 2.24) is 0 Å². The van der Waals surface area contributed by atoms with Gasteiger partial charge in [-0.2, -0.15) is 0 Å². The van der Waals surface area contributed by atoms with Crippen LogP contribution in [0, 0.1) is 0 Å². The Hall–Kier alpha value is -3.55. The number of hydrazine groups is 1. The van der Waals surface area contributed by atoms with Crippen LogP contribution >= 0.6 is 0 Å². The van der Waals surface area contributed by atoms with Gasteiger partial charge in [-0.1, -0.05) is 18.2 Å². The second-order valence-electron chi connectivity index (χ2n) is 6.08. The predicted octanol–water partition coefficient (Wildman–Crippen LogP) is 2.48. The Labute approximate surface area is 154 Å². The Morgan fingerprint density at radius 2 is 1.33 bits per heavy atom. The lowest BCUT2D eigenvalue weighted by Gasteiger charge is -2.36. The third-order valence-corrected chi connectivity index (χ3v) is 4.68. The first-order chi connectivity index (χ1) is 13.1. The molecule has 7 heteroatoms. The van der Waals surface area contributed by atoms with Crippen molar-refractivity contribution in [2.75, 3.05) is 0 Å². The van der Waals surface area contributed by atoms with E-state index in [0.717, 1.165) is 0 Å². The highest BCUT2D eigenvalue weighted by Crippen LogP contribution is 2.56. The fraction of sp³-hybridized carbons (Fsp3) is 0.0500. The molecular weight excluding hydrogens is 348 g/mol. The van der Waals surface area contributed by atoms with Gasteiger partial charge in [0.1, 0.15) is 23.0 Å². The molecule has 3 aromatic carbocycles. The Bertz CT molecular complexity index is 1010. The molecule has 136 valence electrons. The van der Waals surface area contributed by atoms with Gasteiger partial charge in [0, 0.05) is 28.8 Å². The van der Waals surface area contributed by atoms with Crippen LogP contribution in [0.4, 0.5) is 0 Å². The highest BCUT2D eigenvalue weighted by Gasteiger charge is 2.53. The summed E-state index contributed by atoms with van der Waals surface area (Å²) < 4.78 is 11.8. The second-order valence-corrected chi connectivity index (χ2v) is 6.08. The first kappa shape index (κ1) is 16.9. The van der Waals surface area contributed by atoms with Gasteiger partial charge in [0.05, 0.1) is 5.56 Å². The summed E-state index contributed by atoms with van der Waals surface area (Å²) >= 11 is 0. The SMILES string of the molecule is NN.O=C1OC2(c3ccc(O)cc3Oc3cc(O)ccc32)c2ccccc21. The smallest absolute Gasteiger partial charge is 0.340 e. The van der Waals surface area contributed by atoms with Crippen LogP contribution in [0.2, 0.25) is 0 Å². The van der Waals surface area contributed by atoms with Crippen molar-refractivity contribution in [3.8, 4) is 23.0 Å². The van der Waals surface area contributed by atoms with E-state index in [9.17, 15) is 15.0 Å². The van der Waals surface area contributed by atoms with Crippen molar-refractivity contribution < 1.29 is 24.5 Å². The fourth-order valence-electron chi connectivity index (χ4n) is 3.65. The molecule has 0 radical (unpaired) electrons. The molecule has 0 aliphatic carbocycles. The normalized spacial score (nSPS) is 14.8. The lowest BCUT2D eigenvalue weighted by atomic mass is 9.77. The third kappa shape index (κ3) is 2.26. The highest BCUT2D eigenvalue weighted by molar-refractivity contribution is 5.97. The van der Waals surface area contributed by atoms with Gasteiger partial charge in [0.2, 0.25) is 0 Å². The molecule has 3 aromatic rings. The summed E-state index contributed by atoms with van der Waals surface area (Å²) in [6, 6.07) is 16.6. The molecule has 2 aliphatic heterocycles. The van der Waals surface area contributed by atoms with Gasteiger partial charge >= 0.3 is 5.97 Å². The van der Waals surface area contributed by atoms with E-state index in [4.69, 9.17) is 9.47 Å². The van der Waals surface area contributed by atoms with Gasteiger partial charge in [-0.25, -0.2) is 4.79 Å². The van der Waals surface area contributed by atoms with Crippen LogP contribution in [0.1, 0.15) is 27.0 Å². The molecule has 6 N–H and O–H groups in total. The zero-order valence-electron chi connectivity index (χ0n) is 14.0. The number of carbonyl (C=O) groups is 1. The second kappa shape index (κ2) is 6.01. The van der Waals surface area contributed by atoms with Crippen LogP contribution in [-0.4, -0.2) is 16.2 Å². The summed E-state index contributed by atoms with van der Waals surface area (Å²) in [5, 5.41) is 19.7. The molecule has 0 amide bonds. The molecule has 0 unspecified atom stereocenters. The summed E-state index contributed by atoms with van der Waals surface area (Å²) in [6.45, 7) is 0. The maximum Gasteiger partial charge on any atom is 0.340 e. The van der Waals surface area contributed by atoms with Crippen LogP contribution < -0.4 is 16.4 Å². The van der Waals surface area contributed by atoms with E-state index in [1.807, 2.05) is 12.1 Å². The van der Waals surface area contributed by atoms with Gasteiger partial charge in [0.25, 0.3) is 0 Å². The number of hydrogen-bond acceptors (Lipinski definition) is 7. The maximum atomic E-state index is 12.5. The Morgan fingerprint density at radius 1 is 0.778 bits per heavy atom. The van der Waals surface area contributed by atoms with Crippen molar-refractivity contribution in [3.05, 3.63) is 82.9 Å². The van der Waals surface area contributed by atoms with E-state index in [2.05, 4.69) is 11.7 Å². The van der Waals surface area contributed by atoms with Gasteiger partial charge in [-0.05, 0) is 30.3 Å². The minimum absolute atomic E-state index is 0.0371. The lowest BCUT2D eigenvalue weighted by Crippen LogP contribution is -2.32. The number of rotatable bonds is 0. The standard InChI is InChI=1S/C20H12O5.H4N2/c21-11-5-7-15-17(9-11)24-18-10-12(22)6-8-16(18)20(15)14-4-2-1-3-13(14)19(23)25-20;1-2/h1-10,21-22H;1-2H2. The maximum absolute atomic E-state index is 12.5. The van der Waals surface area contributed by atoms with Crippen molar-refractivity contribution in [1.29, 1.82) is 0 Å². The largest absolute Gasteiger partial charge is 0.508 e. The third-order valence-electron chi connectivity index (χ3n) is 4.68. The van der Waals surface area contributed by atoms with Gasteiger partial charge < -0.3 is 19.7 Å². The molecule has 0 saturated heterocycles. The number of esters is 1. The van der Waals surface area contributed by atoms with Crippen LogP contribution in [0.25, 0.3) is 0 Å². The predicted molar refractivity (Wildman–Crippen MR) is 96.4 cm³/mol. The van der Waals surface area contributed by atoms with Crippen LogP contribution in [0.15, 0.2) is 60.7 Å². The zero-order chi connectivity index (χ0) is 19.2. The summed E-state index contributed by atoms with van der Waals surface area (Å²) in [5.74, 6) is 8.41. The number of hydrogen-bond donors (Lipinski definition) is 4. The molecule has 0 bridgehead atoms. The Balaban J connectivity index is 0.000000872.